The minimum Gasteiger partial charge on any atom is -0.382 e. The third-order valence-corrected chi connectivity index (χ3v) is 4.61. The average Bonchev–Trinajstić information content (AvgIpc) is 2.38. The lowest BCUT2D eigenvalue weighted by Gasteiger charge is -2.10. The molecule has 0 heterocycles. The molecule has 0 radical (unpaired) electrons. The summed E-state index contributed by atoms with van der Waals surface area (Å²) in [6, 6.07) is 5.82. The topological polar surface area (TPSA) is 132 Å². The monoisotopic (exact) mass is 327 g/mol. The number of halogens is 1. The van der Waals surface area contributed by atoms with Crippen LogP contribution in [0, 0.1) is 16.7 Å². The Morgan fingerprint density at radius 3 is 2.76 bits per heavy atom. The molecular weight excluding hydrogens is 314 g/mol. The lowest BCUT2D eigenvalue weighted by molar-refractivity contribution is 0.595. The number of hydrogen-bond acceptors (Lipinski definition) is 6. The van der Waals surface area contributed by atoms with Gasteiger partial charge in [-0.2, -0.15) is 10.4 Å². The summed E-state index contributed by atoms with van der Waals surface area (Å²) in [6.45, 7) is 1.75. The van der Waals surface area contributed by atoms with Crippen LogP contribution in [0.4, 0.5) is 5.69 Å². The molecule has 0 saturated heterocycles. The van der Waals surface area contributed by atoms with E-state index in [1.54, 1.807) is 13.0 Å². The summed E-state index contributed by atoms with van der Waals surface area (Å²) in [6.07, 6.45) is 0.463. The van der Waals surface area contributed by atoms with Crippen LogP contribution in [0.15, 0.2) is 28.2 Å². The van der Waals surface area contributed by atoms with E-state index < -0.39 is 15.7 Å². The predicted molar refractivity (Wildman–Crippen MR) is 82.4 cm³/mol. The number of nitrogens with one attached hydrogen (secondary N) is 2. The number of nitriles is 1. The molecule has 4 N–H and O–H groups in total. The van der Waals surface area contributed by atoms with Gasteiger partial charge < -0.3 is 5.73 Å². The number of amidine groups is 1. The number of sulfone groups is 1. The zero-order chi connectivity index (χ0) is 16.0. The summed E-state index contributed by atoms with van der Waals surface area (Å²) in [5.74, 6) is -0.546. The highest BCUT2D eigenvalue weighted by Gasteiger charge is 2.18. The van der Waals surface area contributed by atoms with Gasteiger partial charge in [-0.25, -0.2) is 8.42 Å². The van der Waals surface area contributed by atoms with E-state index in [-0.39, 0.29) is 22.0 Å². The molecule has 7 nitrogen and oxygen atoms in total. The molecule has 0 atom stereocenters. The van der Waals surface area contributed by atoms with Crippen LogP contribution in [-0.4, -0.2) is 25.7 Å². The van der Waals surface area contributed by atoms with E-state index in [0.717, 1.165) is 0 Å². The quantitative estimate of drug-likeness (QED) is 0.416. The summed E-state index contributed by atoms with van der Waals surface area (Å²) >= 11 is 5.84. The molecule has 9 heteroatoms. The first-order chi connectivity index (χ1) is 9.81. The molecule has 0 fully saturated rings. The maximum Gasteiger partial charge on any atom is 0.201 e. The predicted octanol–water partition coefficient (Wildman–Crippen LogP) is 1.75. The van der Waals surface area contributed by atoms with Crippen molar-refractivity contribution in [2.75, 3.05) is 11.2 Å². The van der Waals surface area contributed by atoms with Crippen molar-refractivity contribution in [3.05, 3.63) is 23.2 Å². The Labute approximate surface area is 127 Å². The van der Waals surface area contributed by atoms with Crippen LogP contribution in [0.25, 0.3) is 0 Å². The summed E-state index contributed by atoms with van der Waals surface area (Å²) in [7, 11) is -3.49. The number of rotatable bonds is 6. The van der Waals surface area contributed by atoms with Crippen molar-refractivity contribution in [2.24, 2.45) is 10.8 Å². The van der Waals surface area contributed by atoms with Crippen molar-refractivity contribution in [3.63, 3.8) is 0 Å². The molecule has 21 heavy (non-hydrogen) atoms. The fourth-order valence-electron chi connectivity index (χ4n) is 1.50. The van der Waals surface area contributed by atoms with Gasteiger partial charge in [-0.15, -0.1) is 0 Å². The SMILES string of the molecule is CCCS(=O)(=O)c1ccc(Cl)cc1N/N=C(\C#N)C(=N)N. The second-order valence-corrected chi connectivity index (χ2v) is 6.57. The molecule has 0 bridgehead atoms. The highest BCUT2D eigenvalue weighted by Crippen LogP contribution is 2.26. The number of nitrogens with two attached hydrogens (primary N) is 1. The zero-order valence-electron chi connectivity index (χ0n) is 11.2. The molecule has 1 rings (SSSR count). The average molecular weight is 328 g/mol. The van der Waals surface area contributed by atoms with Gasteiger partial charge in [-0.3, -0.25) is 10.8 Å². The first-order valence-electron chi connectivity index (χ1n) is 5.92. The molecule has 0 aromatic heterocycles. The highest BCUT2D eigenvalue weighted by molar-refractivity contribution is 7.91. The third-order valence-electron chi connectivity index (χ3n) is 2.40. The lowest BCUT2D eigenvalue weighted by Crippen LogP contribution is -2.22. The summed E-state index contributed by atoms with van der Waals surface area (Å²) in [5, 5.41) is 19.8. The zero-order valence-corrected chi connectivity index (χ0v) is 12.8. The molecular formula is C12H14ClN5O2S. The van der Waals surface area contributed by atoms with Gasteiger partial charge in [-0.1, -0.05) is 18.5 Å². The van der Waals surface area contributed by atoms with Crippen LogP contribution in [0.2, 0.25) is 5.02 Å². The van der Waals surface area contributed by atoms with Crippen LogP contribution < -0.4 is 11.2 Å². The van der Waals surface area contributed by atoms with Crippen LogP contribution in [0.3, 0.4) is 0 Å². The molecule has 0 aliphatic rings. The second-order valence-electron chi connectivity index (χ2n) is 4.06. The van der Waals surface area contributed by atoms with Gasteiger partial charge in [0.25, 0.3) is 0 Å². The molecule has 0 aliphatic carbocycles. The van der Waals surface area contributed by atoms with Crippen molar-refractivity contribution in [3.8, 4) is 6.07 Å². The third kappa shape index (κ3) is 4.44. The van der Waals surface area contributed by atoms with Crippen LogP contribution in [0.5, 0.6) is 0 Å². The van der Waals surface area contributed by atoms with E-state index in [1.807, 2.05) is 0 Å². The largest absolute Gasteiger partial charge is 0.382 e. The van der Waals surface area contributed by atoms with Gasteiger partial charge >= 0.3 is 0 Å². The van der Waals surface area contributed by atoms with Gasteiger partial charge in [-0.05, 0) is 24.6 Å². The Hall–Kier alpha value is -2.11. The minimum atomic E-state index is -3.49. The van der Waals surface area contributed by atoms with Crippen LogP contribution in [-0.2, 0) is 9.84 Å². The van der Waals surface area contributed by atoms with Crippen molar-refractivity contribution in [1.82, 2.24) is 0 Å². The van der Waals surface area contributed by atoms with Gasteiger partial charge in [0, 0.05) is 5.02 Å². The number of anilines is 1. The number of hydrazone groups is 1. The molecule has 112 valence electrons. The van der Waals surface area contributed by atoms with E-state index in [0.29, 0.717) is 11.4 Å². The van der Waals surface area contributed by atoms with Gasteiger partial charge in [0.05, 0.1) is 16.3 Å². The maximum atomic E-state index is 12.1. The Morgan fingerprint density at radius 2 is 2.24 bits per heavy atom. The smallest absolute Gasteiger partial charge is 0.201 e. The van der Waals surface area contributed by atoms with Gasteiger partial charge in [0.1, 0.15) is 6.07 Å². The Balaban J connectivity index is 3.27. The molecule has 0 spiro atoms. The molecule has 0 unspecified atom stereocenters. The summed E-state index contributed by atoms with van der Waals surface area (Å²) in [5.41, 5.74) is 7.37. The first kappa shape index (κ1) is 16.9. The summed E-state index contributed by atoms with van der Waals surface area (Å²) < 4.78 is 24.3. The standard InChI is InChI=1S/C12H14ClN5O2S/c1-2-5-21(19,20)11-4-3-8(13)6-9(11)17-18-10(7-14)12(15)16/h3-4,6,17H,2,5H2,1H3,(H3,15,16)/b18-10+. The van der Waals surface area contributed by atoms with E-state index in [9.17, 15) is 8.42 Å². The van der Waals surface area contributed by atoms with Gasteiger partial charge in [0.15, 0.2) is 15.7 Å². The van der Waals surface area contributed by atoms with E-state index >= 15 is 0 Å². The van der Waals surface area contributed by atoms with E-state index in [2.05, 4.69) is 10.5 Å². The Bertz CT molecular complexity index is 722. The maximum absolute atomic E-state index is 12.1. The van der Waals surface area contributed by atoms with Crippen molar-refractivity contribution in [1.29, 1.82) is 10.7 Å². The van der Waals surface area contributed by atoms with Gasteiger partial charge in [0.2, 0.25) is 5.71 Å². The molecule has 0 aliphatic heterocycles. The van der Waals surface area contributed by atoms with Crippen molar-refractivity contribution in [2.45, 2.75) is 18.2 Å². The molecule has 0 saturated carbocycles. The van der Waals surface area contributed by atoms with E-state index in [1.165, 1.54) is 18.2 Å². The highest BCUT2D eigenvalue weighted by atomic mass is 35.5. The van der Waals surface area contributed by atoms with Crippen molar-refractivity contribution >= 4 is 38.7 Å². The van der Waals surface area contributed by atoms with Crippen LogP contribution >= 0.6 is 11.6 Å². The lowest BCUT2D eigenvalue weighted by atomic mass is 10.3. The summed E-state index contributed by atoms with van der Waals surface area (Å²) in [4.78, 5) is 0.0262. The normalized spacial score (nSPS) is 11.8. The fraction of sp³-hybridized carbons (Fsp3) is 0.250. The minimum absolute atomic E-state index is 0.0230. The Morgan fingerprint density at radius 1 is 1.57 bits per heavy atom. The first-order valence-corrected chi connectivity index (χ1v) is 7.95. The van der Waals surface area contributed by atoms with Crippen molar-refractivity contribution < 1.29 is 8.42 Å². The second kappa shape index (κ2) is 7.06. The van der Waals surface area contributed by atoms with E-state index in [4.69, 9.17) is 28.0 Å². The number of benzene rings is 1. The molecule has 1 aromatic rings. The number of nitrogens with zero attached hydrogens (tertiary/aromatic N) is 2. The van der Waals surface area contributed by atoms with Crippen LogP contribution in [0.1, 0.15) is 13.3 Å². The fourth-order valence-corrected chi connectivity index (χ4v) is 3.15. The number of hydrogen-bond donors (Lipinski definition) is 3. The molecule has 1 aromatic carbocycles. The molecule has 0 amide bonds. The Kier molecular flexibility index (Phi) is 5.69.